The molecule has 0 radical (unpaired) electrons. The minimum absolute atomic E-state index is 0.717. The van der Waals surface area contributed by atoms with Crippen molar-refractivity contribution in [2.24, 2.45) is 11.8 Å². The van der Waals surface area contributed by atoms with Crippen LogP contribution >= 0.6 is 0 Å². The maximum atomic E-state index is 2.71. The van der Waals surface area contributed by atoms with Crippen LogP contribution in [0.3, 0.4) is 0 Å². The molecule has 0 aromatic carbocycles. The molecule has 0 saturated carbocycles. The van der Waals surface area contributed by atoms with Gasteiger partial charge in [0.05, 0.1) is 0 Å². The maximum absolute atomic E-state index is 2.71. The quantitative estimate of drug-likeness (QED) is 0.715. The normalized spacial score (nSPS) is 23.7. The number of hydrogen-bond acceptors (Lipinski definition) is 3. The molecule has 0 aromatic rings. The molecule has 22 heavy (non-hydrogen) atoms. The Kier molecular flexibility index (Phi) is 7.66. The van der Waals surface area contributed by atoms with Crippen molar-refractivity contribution in [3.63, 3.8) is 0 Å². The molecule has 0 amide bonds. The zero-order valence-corrected chi connectivity index (χ0v) is 15.6. The third kappa shape index (κ3) is 6.17. The smallest absolute Gasteiger partial charge is 0.0113 e. The lowest BCUT2D eigenvalue weighted by molar-refractivity contribution is 0.101. The minimum Gasteiger partial charge on any atom is -0.303 e. The van der Waals surface area contributed by atoms with Crippen LogP contribution in [-0.4, -0.2) is 73.1 Å². The van der Waals surface area contributed by atoms with Gasteiger partial charge < -0.3 is 9.80 Å². The van der Waals surface area contributed by atoms with Gasteiger partial charge in [-0.2, -0.15) is 0 Å². The molecule has 0 aromatic heterocycles. The molecule has 2 aliphatic rings. The lowest BCUT2D eigenvalue weighted by Gasteiger charge is -2.37. The zero-order valence-electron chi connectivity index (χ0n) is 15.6. The fraction of sp³-hybridized carbons (Fsp3) is 1.00. The van der Waals surface area contributed by atoms with Gasteiger partial charge in [0, 0.05) is 32.2 Å². The number of rotatable bonds is 7. The van der Waals surface area contributed by atoms with Crippen molar-refractivity contribution in [1.29, 1.82) is 0 Å². The molecule has 0 aliphatic carbocycles. The van der Waals surface area contributed by atoms with Gasteiger partial charge in [-0.05, 0) is 77.5 Å². The van der Waals surface area contributed by atoms with E-state index in [9.17, 15) is 0 Å². The number of piperidine rings is 1. The first-order chi connectivity index (χ1) is 10.5. The molecule has 2 saturated heterocycles. The SMILES string of the molecule is CC(C)CC1CCN(CCCN2CCN(C(C)C)CC2)CC1. The molecule has 0 atom stereocenters. The molecule has 2 fully saturated rings. The van der Waals surface area contributed by atoms with Crippen LogP contribution in [0.5, 0.6) is 0 Å². The second kappa shape index (κ2) is 9.24. The fourth-order valence-corrected chi connectivity index (χ4v) is 4.13. The Morgan fingerprint density at radius 2 is 1.32 bits per heavy atom. The first-order valence-electron chi connectivity index (χ1n) is 9.73. The van der Waals surface area contributed by atoms with E-state index >= 15 is 0 Å². The van der Waals surface area contributed by atoms with E-state index in [-0.39, 0.29) is 0 Å². The number of hydrogen-bond donors (Lipinski definition) is 0. The van der Waals surface area contributed by atoms with Gasteiger partial charge in [0.2, 0.25) is 0 Å². The van der Waals surface area contributed by atoms with E-state index in [2.05, 4.69) is 42.4 Å². The second-order valence-corrected chi connectivity index (χ2v) is 8.24. The number of nitrogens with zero attached hydrogens (tertiary/aromatic N) is 3. The Balaban J connectivity index is 1.53. The molecule has 2 aliphatic heterocycles. The van der Waals surface area contributed by atoms with Crippen molar-refractivity contribution < 1.29 is 0 Å². The largest absolute Gasteiger partial charge is 0.303 e. The highest BCUT2D eigenvalue weighted by Crippen LogP contribution is 2.24. The van der Waals surface area contributed by atoms with Crippen molar-refractivity contribution in [1.82, 2.24) is 14.7 Å². The Morgan fingerprint density at radius 3 is 1.82 bits per heavy atom. The molecule has 130 valence electrons. The van der Waals surface area contributed by atoms with Gasteiger partial charge in [-0.25, -0.2) is 0 Å². The molecular formula is C19H39N3. The Bertz CT molecular complexity index is 287. The van der Waals surface area contributed by atoms with Crippen molar-refractivity contribution in [3.8, 4) is 0 Å². The first-order valence-corrected chi connectivity index (χ1v) is 9.73. The van der Waals surface area contributed by atoms with E-state index in [1.165, 1.54) is 78.0 Å². The highest BCUT2D eigenvalue weighted by molar-refractivity contribution is 4.76. The van der Waals surface area contributed by atoms with Crippen LogP contribution < -0.4 is 0 Å². The third-order valence-electron chi connectivity index (χ3n) is 5.60. The molecule has 0 bridgehead atoms. The lowest BCUT2D eigenvalue weighted by Crippen LogP contribution is -2.49. The van der Waals surface area contributed by atoms with E-state index < -0.39 is 0 Å². The predicted molar refractivity (Wildman–Crippen MR) is 96.4 cm³/mol. The molecule has 0 unspecified atom stereocenters. The topological polar surface area (TPSA) is 9.72 Å². The maximum Gasteiger partial charge on any atom is 0.0113 e. The van der Waals surface area contributed by atoms with Crippen molar-refractivity contribution in [3.05, 3.63) is 0 Å². The summed E-state index contributed by atoms with van der Waals surface area (Å²) in [5.41, 5.74) is 0. The summed E-state index contributed by atoms with van der Waals surface area (Å²) in [6.07, 6.45) is 5.67. The summed E-state index contributed by atoms with van der Waals surface area (Å²) in [6, 6.07) is 0.717. The molecular weight excluding hydrogens is 270 g/mol. The van der Waals surface area contributed by atoms with Crippen molar-refractivity contribution in [2.75, 3.05) is 52.4 Å². The summed E-state index contributed by atoms with van der Waals surface area (Å²) < 4.78 is 0. The molecule has 0 N–H and O–H groups in total. The van der Waals surface area contributed by atoms with Crippen LogP contribution in [0.1, 0.15) is 53.4 Å². The summed E-state index contributed by atoms with van der Waals surface area (Å²) in [7, 11) is 0. The average molecular weight is 310 g/mol. The molecule has 3 nitrogen and oxygen atoms in total. The van der Waals surface area contributed by atoms with Crippen LogP contribution in [0.4, 0.5) is 0 Å². The molecule has 0 spiro atoms. The zero-order chi connectivity index (χ0) is 15.9. The third-order valence-corrected chi connectivity index (χ3v) is 5.60. The van der Waals surface area contributed by atoms with Gasteiger partial charge in [0.1, 0.15) is 0 Å². The number of piperazine rings is 1. The minimum atomic E-state index is 0.717. The van der Waals surface area contributed by atoms with Crippen molar-refractivity contribution in [2.45, 2.75) is 59.4 Å². The first kappa shape index (κ1) is 18.2. The van der Waals surface area contributed by atoms with E-state index in [1.54, 1.807) is 0 Å². The van der Waals surface area contributed by atoms with Gasteiger partial charge in [-0.15, -0.1) is 0 Å². The summed E-state index contributed by atoms with van der Waals surface area (Å²) in [5.74, 6) is 1.88. The van der Waals surface area contributed by atoms with Crippen LogP contribution in [0, 0.1) is 11.8 Å². The highest BCUT2D eigenvalue weighted by Gasteiger charge is 2.21. The lowest BCUT2D eigenvalue weighted by atomic mass is 9.88. The summed E-state index contributed by atoms with van der Waals surface area (Å²) >= 11 is 0. The van der Waals surface area contributed by atoms with E-state index in [4.69, 9.17) is 0 Å². The van der Waals surface area contributed by atoms with Crippen LogP contribution in [0.25, 0.3) is 0 Å². The van der Waals surface area contributed by atoms with E-state index in [0.29, 0.717) is 6.04 Å². The van der Waals surface area contributed by atoms with Gasteiger partial charge in [-0.1, -0.05) is 13.8 Å². The van der Waals surface area contributed by atoms with Gasteiger partial charge in [0.15, 0.2) is 0 Å². The fourth-order valence-electron chi connectivity index (χ4n) is 4.13. The van der Waals surface area contributed by atoms with Crippen LogP contribution in [-0.2, 0) is 0 Å². The van der Waals surface area contributed by atoms with Crippen molar-refractivity contribution >= 4 is 0 Å². The van der Waals surface area contributed by atoms with E-state index in [1.807, 2.05) is 0 Å². The Labute approximate surface area is 139 Å². The number of likely N-dealkylation sites (tertiary alicyclic amines) is 1. The monoisotopic (exact) mass is 309 g/mol. The molecule has 2 rings (SSSR count). The standard InChI is InChI=1S/C19H39N3/c1-17(2)16-19-6-10-20(11-7-19)8-5-9-21-12-14-22(15-13-21)18(3)4/h17-19H,5-16H2,1-4H3. The molecule has 2 heterocycles. The Morgan fingerprint density at radius 1 is 0.773 bits per heavy atom. The summed E-state index contributed by atoms with van der Waals surface area (Å²) in [6.45, 7) is 19.8. The van der Waals surface area contributed by atoms with Gasteiger partial charge in [0.25, 0.3) is 0 Å². The van der Waals surface area contributed by atoms with Gasteiger partial charge >= 0.3 is 0 Å². The van der Waals surface area contributed by atoms with Crippen LogP contribution in [0.2, 0.25) is 0 Å². The summed E-state index contributed by atoms with van der Waals surface area (Å²) in [4.78, 5) is 7.99. The van der Waals surface area contributed by atoms with Crippen LogP contribution in [0.15, 0.2) is 0 Å². The van der Waals surface area contributed by atoms with Gasteiger partial charge in [-0.3, -0.25) is 4.90 Å². The van der Waals surface area contributed by atoms with E-state index in [0.717, 1.165) is 11.8 Å². The highest BCUT2D eigenvalue weighted by atomic mass is 15.3. The summed E-state index contributed by atoms with van der Waals surface area (Å²) in [5, 5.41) is 0. The second-order valence-electron chi connectivity index (χ2n) is 8.24. The predicted octanol–water partition coefficient (Wildman–Crippen LogP) is 3.16. The molecule has 3 heteroatoms. The Hall–Kier alpha value is -0.120. The average Bonchev–Trinajstić information content (AvgIpc) is 2.49.